The Morgan fingerprint density at radius 2 is 2.07 bits per heavy atom. The number of anilines is 1. The molecular formula is C19H18N8O2. The smallest absolute Gasteiger partial charge is 0.257 e. The zero-order chi connectivity index (χ0) is 20.0. The van der Waals surface area contributed by atoms with Crippen molar-refractivity contribution in [1.29, 1.82) is 0 Å². The molecule has 10 nitrogen and oxygen atoms in total. The zero-order valence-electron chi connectivity index (χ0n) is 15.9. The molecule has 0 saturated heterocycles. The monoisotopic (exact) mass is 390 g/mol. The van der Waals surface area contributed by atoms with Crippen LogP contribution in [0.1, 0.15) is 12.8 Å². The van der Waals surface area contributed by atoms with Crippen molar-refractivity contribution in [2.24, 2.45) is 13.0 Å². The first kappa shape index (κ1) is 17.3. The molecule has 1 aliphatic carbocycles. The third-order valence-electron chi connectivity index (χ3n) is 4.81. The number of hydrogen-bond acceptors (Lipinski definition) is 7. The summed E-state index contributed by atoms with van der Waals surface area (Å²) >= 11 is 0. The number of hydrogen-bond donors (Lipinski definition) is 1. The summed E-state index contributed by atoms with van der Waals surface area (Å²) in [4.78, 5) is 21.0. The van der Waals surface area contributed by atoms with E-state index in [2.05, 4.69) is 30.6 Å². The first-order valence-corrected chi connectivity index (χ1v) is 9.19. The summed E-state index contributed by atoms with van der Waals surface area (Å²) in [6.07, 6.45) is 5.16. The number of para-hydroxylation sites is 1. The summed E-state index contributed by atoms with van der Waals surface area (Å²) in [6, 6.07) is 7.53. The molecule has 0 radical (unpaired) electrons. The molecular weight excluding hydrogens is 372 g/mol. The van der Waals surface area contributed by atoms with E-state index in [0.29, 0.717) is 23.2 Å². The molecule has 4 aromatic rings. The Bertz CT molecular complexity index is 1220. The number of aryl methyl sites for hydroxylation is 1. The zero-order valence-corrected chi connectivity index (χ0v) is 15.9. The molecule has 146 valence electrons. The van der Waals surface area contributed by atoms with Crippen LogP contribution in [-0.2, 0) is 11.8 Å². The predicted molar refractivity (Wildman–Crippen MR) is 105 cm³/mol. The Morgan fingerprint density at radius 3 is 2.79 bits per heavy atom. The molecule has 1 aliphatic rings. The number of amides is 1. The minimum atomic E-state index is -0.0329. The highest BCUT2D eigenvalue weighted by Crippen LogP contribution is 2.32. The molecule has 0 aliphatic heterocycles. The lowest BCUT2D eigenvalue weighted by Gasteiger charge is -2.11. The predicted octanol–water partition coefficient (Wildman–Crippen LogP) is 1.97. The van der Waals surface area contributed by atoms with Crippen LogP contribution in [0.5, 0.6) is 5.88 Å². The van der Waals surface area contributed by atoms with Crippen molar-refractivity contribution in [2.45, 2.75) is 12.8 Å². The van der Waals surface area contributed by atoms with Gasteiger partial charge in [-0.3, -0.25) is 14.0 Å². The van der Waals surface area contributed by atoms with Crippen molar-refractivity contribution >= 4 is 22.8 Å². The van der Waals surface area contributed by atoms with Crippen LogP contribution in [-0.4, -0.2) is 47.5 Å². The molecule has 1 fully saturated rings. The number of ether oxygens (including phenoxy) is 1. The summed E-state index contributed by atoms with van der Waals surface area (Å²) < 4.78 is 8.89. The Morgan fingerprint density at radius 1 is 1.21 bits per heavy atom. The summed E-state index contributed by atoms with van der Waals surface area (Å²) in [7, 11) is 3.35. The van der Waals surface area contributed by atoms with Gasteiger partial charge in [-0.15, -0.1) is 10.2 Å². The van der Waals surface area contributed by atoms with Gasteiger partial charge in [-0.05, 0) is 25.0 Å². The van der Waals surface area contributed by atoms with E-state index in [4.69, 9.17) is 4.74 Å². The van der Waals surface area contributed by atoms with Crippen molar-refractivity contribution in [2.75, 3.05) is 12.4 Å². The third kappa shape index (κ3) is 3.08. The highest BCUT2D eigenvalue weighted by atomic mass is 16.5. The second-order valence-electron chi connectivity index (χ2n) is 6.92. The van der Waals surface area contributed by atoms with Gasteiger partial charge in [-0.25, -0.2) is 9.97 Å². The van der Waals surface area contributed by atoms with Gasteiger partial charge in [0, 0.05) is 24.6 Å². The van der Waals surface area contributed by atoms with E-state index in [9.17, 15) is 4.79 Å². The van der Waals surface area contributed by atoms with Gasteiger partial charge >= 0.3 is 0 Å². The molecule has 3 aromatic heterocycles. The summed E-state index contributed by atoms with van der Waals surface area (Å²) in [5, 5.41) is 15.4. The lowest BCUT2D eigenvalue weighted by molar-refractivity contribution is -0.117. The Hall–Kier alpha value is -3.82. The largest absolute Gasteiger partial charge is 0.478 e. The number of benzene rings is 1. The number of nitrogens with one attached hydrogen (secondary N) is 1. The van der Waals surface area contributed by atoms with E-state index >= 15 is 0 Å². The highest BCUT2D eigenvalue weighted by Gasteiger charge is 2.30. The van der Waals surface area contributed by atoms with Crippen LogP contribution in [0.4, 0.5) is 5.82 Å². The quantitative estimate of drug-likeness (QED) is 0.554. The minimum Gasteiger partial charge on any atom is -0.478 e. The fourth-order valence-corrected chi connectivity index (χ4v) is 3.20. The van der Waals surface area contributed by atoms with Crippen molar-refractivity contribution in [3.8, 4) is 23.0 Å². The highest BCUT2D eigenvalue weighted by molar-refractivity contribution is 5.94. The van der Waals surface area contributed by atoms with E-state index in [1.807, 2.05) is 29.8 Å². The second kappa shape index (κ2) is 6.66. The molecule has 10 heteroatoms. The molecule has 1 N–H and O–H groups in total. The van der Waals surface area contributed by atoms with Crippen LogP contribution < -0.4 is 10.1 Å². The molecule has 1 aromatic carbocycles. The lowest BCUT2D eigenvalue weighted by Crippen LogP contribution is -2.15. The van der Waals surface area contributed by atoms with E-state index in [0.717, 1.165) is 29.4 Å². The fraction of sp³-hybridized carbons (Fsp3) is 0.263. The van der Waals surface area contributed by atoms with E-state index in [1.165, 1.54) is 7.11 Å². The average molecular weight is 390 g/mol. The molecule has 1 amide bonds. The van der Waals surface area contributed by atoms with Gasteiger partial charge in [-0.1, -0.05) is 6.07 Å². The molecule has 5 rings (SSSR count). The Kier molecular flexibility index (Phi) is 3.97. The van der Waals surface area contributed by atoms with Crippen LogP contribution in [0, 0.1) is 5.92 Å². The third-order valence-corrected chi connectivity index (χ3v) is 4.81. The number of nitrogens with zero attached hydrogens (tertiary/aromatic N) is 7. The normalized spacial score (nSPS) is 13.6. The molecule has 0 spiro atoms. The van der Waals surface area contributed by atoms with E-state index in [-0.39, 0.29) is 11.8 Å². The van der Waals surface area contributed by atoms with Crippen LogP contribution in [0.3, 0.4) is 0 Å². The maximum atomic E-state index is 12.1. The maximum absolute atomic E-state index is 12.1. The molecule has 3 heterocycles. The van der Waals surface area contributed by atoms with Crippen molar-refractivity contribution < 1.29 is 9.53 Å². The molecule has 0 unspecified atom stereocenters. The minimum absolute atomic E-state index is 0.0329. The molecule has 0 atom stereocenters. The van der Waals surface area contributed by atoms with E-state index in [1.54, 1.807) is 23.4 Å². The summed E-state index contributed by atoms with van der Waals surface area (Å²) in [5.74, 6) is 1.34. The van der Waals surface area contributed by atoms with Gasteiger partial charge in [0.1, 0.15) is 18.3 Å². The SMILES string of the molecule is COc1nnc(NC(=O)C2CC2)cc1-n1cnc2c(-c3ncn(C)n3)cccc21. The first-order chi connectivity index (χ1) is 14.1. The van der Waals surface area contributed by atoms with Crippen molar-refractivity contribution in [3.63, 3.8) is 0 Å². The summed E-state index contributed by atoms with van der Waals surface area (Å²) in [6.45, 7) is 0. The molecule has 29 heavy (non-hydrogen) atoms. The molecule has 0 bridgehead atoms. The fourth-order valence-electron chi connectivity index (χ4n) is 3.20. The van der Waals surface area contributed by atoms with Gasteiger partial charge in [0.2, 0.25) is 5.91 Å². The maximum Gasteiger partial charge on any atom is 0.257 e. The van der Waals surface area contributed by atoms with Crippen LogP contribution in [0.2, 0.25) is 0 Å². The summed E-state index contributed by atoms with van der Waals surface area (Å²) in [5.41, 5.74) is 3.04. The van der Waals surface area contributed by atoms with Crippen LogP contribution >= 0.6 is 0 Å². The standard InChI is InChI=1S/C19H18N8O2/c1-26-9-21-17(25-26)12-4-3-5-13-16(12)20-10-27(13)14-8-15(23-24-19(14)29-2)22-18(28)11-6-7-11/h3-5,8-11H,6-7H2,1-2H3,(H,22,23,28). The molecule has 1 saturated carbocycles. The second-order valence-corrected chi connectivity index (χ2v) is 6.92. The van der Waals surface area contributed by atoms with Gasteiger partial charge in [0.25, 0.3) is 5.88 Å². The van der Waals surface area contributed by atoms with Crippen molar-refractivity contribution in [1.82, 2.24) is 34.5 Å². The van der Waals surface area contributed by atoms with Gasteiger partial charge < -0.3 is 10.1 Å². The number of fused-ring (bicyclic) bond motifs is 1. The van der Waals surface area contributed by atoms with Crippen molar-refractivity contribution in [3.05, 3.63) is 36.9 Å². The Labute approximate surface area is 165 Å². The average Bonchev–Trinajstić information content (AvgIpc) is 3.36. The number of carbonyl (C=O) groups is 1. The van der Waals surface area contributed by atoms with Crippen LogP contribution in [0.15, 0.2) is 36.9 Å². The van der Waals surface area contributed by atoms with Gasteiger partial charge in [-0.2, -0.15) is 5.10 Å². The van der Waals surface area contributed by atoms with Crippen LogP contribution in [0.25, 0.3) is 28.1 Å². The number of methoxy groups -OCH3 is 1. The van der Waals surface area contributed by atoms with Gasteiger partial charge in [0.15, 0.2) is 11.6 Å². The lowest BCUT2D eigenvalue weighted by atomic mass is 10.1. The number of carbonyl (C=O) groups excluding carboxylic acids is 1. The number of imidazole rings is 1. The van der Waals surface area contributed by atoms with Gasteiger partial charge in [0.05, 0.1) is 18.1 Å². The number of aromatic nitrogens is 7. The first-order valence-electron chi connectivity index (χ1n) is 9.19. The topological polar surface area (TPSA) is 113 Å². The number of rotatable bonds is 5. The Balaban J connectivity index is 1.60. The van der Waals surface area contributed by atoms with E-state index < -0.39 is 0 Å².